The number of nitrogens with zero attached hydrogens (tertiary/aromatic N) is 2. The van der Waals surface area contributed by atoms with E-state index in [0.717, 1.165) is 28.0 Å². The minimum Gasteiger partial charge on any atom is -0.330 e. The Labute approximate surface area is 93.8 Å². The molecule has 0 aliphatic carbocycles. The van der Waals surface area contributed by atoms with E-state index in [0.29, 0.717) is 6.54 Å². The summed E-state index contributed by atoms with van der Waals surface area (Å²) in [7, 11) is 1.95. The summed E-state index contributed by atoms with van der Waals surface area (Å²) < 4.78 is 1.89. The highest BCUT2D eigenvalue weighted by atomic mass is 35.5. The van der Waals surface area contributed by atoms with Crippen LogP contribution in [0.15, 0.2) is 12.1 Å². The Morgan fingerprint density at radius 3 is 2.87 bits per heavy atom. The van der Waals surface area contributed by atoms with Gasteiger partial charge in [0, 0.05) is 17.5 Å². The normalized spacial score (nSPS) is 11.2. The molecule has 0 spiro atoms. The van der Waals surface area contributed by atoms with Gasteiger partial charge in [-0.05, 0) is 37.6 Å². The second kappa shape index (κ2) is 3.83. The van der Waals surface area contributed by atoms with Crippen LogP contribution < -0.4 is 5.73 Å². The van der Waals surface area contributed by atoms with E-state index in [9.17, 15) is 0 Å². The van der Waals surface area contributed by atoms with Gasteiger partial charge >= 0.3 is 0 Å². The van der Waals surface area contributed by atoms with Crippen molar-refractivity contribution in [3.8, 4) is 0 Å². The number of halogens is 1. The number of benzene rings is 1. The van der Waals surface area contributed by atoms with Gasteiger partial charge in [-0.3, -0.25) is 4.68 Å². The Hall–Kier alpha value is -1.06. The summed E-state index contributed by atoms with van der Waals surface area (Å²) in [6.07, 6.45) is 0.829. The van der Waals surface area contributed by atoms with E-state index in [1.165, 1.54) is 5.56 Å². The van der Waals surface area contributed by atoms with Gasteiger partial charge in [0.25, 0.3) is 0 Å². The van der Waals surface area contributed by atoms with Crippen molar-refractivity contribution in [1.82, 2.24) is 9.78 Å². The van der Waals surface area contributed by atoms with E-state index in [1.54, 1.807) is 0 Å². The number of aromatic nitrogens is 2. The van der Waals surface area contributed by atoms with Crippen molar-refractivity contribution in [2.75, 3.05) is 6.54 Å². The molecule has 0 unspecified atom stereocenters. The molecule has 80 valence electrons. The van der Waals surface area contributed by atoms with Crippen LogP contribution in [-0.4, -0.2) is 16.3 Å². The van der Waals surface area contributed by atoms with E-state index < -0.39 is 0 Å². The molecule has 2 N–H and O–H groups in total. The molecular weight excluding hydrogens is 210 g/mol. The Bertz CT molecular complexity index is 502. The van der Waals surface area contributed by atoms with E-state index in [4.69, 9.17) is 17.3 Å². The number of rotatable bonds is 2. The molecule has 1 aromatic carbocycles. The van der Waals surface area contributed by atoms with Crippen molar-refractivity contribution in [2.45, 2.75) is 13.3 Å². The minimum absolute atomic E-state index is 0.625. The molecule has 15 heavy (non-hydrogen) atoms. The molecule has 0 aliphatic heterocycles. The predicted octanol–water partition coefficient (Wildman–Crippen LogP) is 2.04. The predicted molar refractivity (Wildman–Crippen MR) is 63.2 cm³/mol. The van der Waals surface area contributed by atoms with Gasteiger partial charge in [0.15, 0.2) is 0 Å². The van der Waals surface area contributed by atoms with Crippen LogP contribution >= 0.6 is 11.6 Å². The van der Waals surface area contributed by atoms with Crippen LogP contribution in [0.4, 0.5) is 0 Å². The summed E-state index contributed by atoms with van der Waals surface area (Å²) in [6, 6.07) is 3.93. The van der Waals surface area contributed by atoms with Crippen LogP contribution in [-0.2, 0) is 13.5 Å². The van der Waals surface area contributed by atoms with Gasteiger partial charge in [0.2, 0.25) is 0 Å². The third-order valence-corrected chi connectivity index (χ3v) is 2.80. The summed E-state index contributed by atoms with van der Waals surface area (Å²) in [5, 5.41) is 6.26. The van der Waals surface area contributed by atoms with Crippen LogP contribution in [0, 0.1) is 6.92 Å². The SMILES string of the molecule is Cc1nn(C)c2c(CCN)cc(Cl)cc12. The quantitative estimate of drug-likeness (QED) is 0.847. The lowest BCUT2D eigenvalue weighted by molar-refractivity contribution is 0.777. The maximum Gasteiger partial charge on any atom is 0.0715 e. The zero-order valence-electron chi connectivity index (χ0n) is 8.92. The Kier molecular flexibility index (Phi) is 2.67. The first-order valence-electron chi connectivity index (χ1n) is 4.95. The molecule has 0 bridgehead atoms. The van der Waals surface area contributed by atoms with Gasteiger partial charge in [-0.25, -0.2) is 0 Å². The molecule has 4 heteroatoms. The number of aryl methyl sites for hydroxylation is 2. The molecule has 3 nitrogen and oxygen atoms in total. The fourth-order valence-electron chi connectivity index (χ4n) is 1.99. The third-order valence-electron chi connectivity index (χ3n) is 2.58. The summed E-state index contributed by atoms with van der Waals surface area (Å²) in [5.74, 6) is 0. The Morgan fingerprint density at radius 1 is 1.47 bits per heavy atom. The summed E-state index contributed by atoms with van der Waals surface area (Å²) in [5.41, 5.74) is 8.90. The van der Waals surface area contributed by atoms with E-state index in [1.807, 2.05) is 30.8 Å². The van der Waals surface area contributed by atoms with Crippen LogP contribution in [0.5, 0.6) is 0 Å². The van der Waals surface area contributed by atoms with Crippen LogP contribution in [0.2, 0.25) is 5.02 Å². The highest BCUT2D eigenvalue weighted by molar-refractivity contribution is 6.31. The van der Waals surface area contributed by atoms with Gasteiger partial charge in [-0.15, -0.1) is 0 Å². The molecule has 0 aliphatic rings. The maximum absolute atomic E-state index is 6.06. The zero-order chi connectivity index (χ0) is 11.0. The van der Waals surface area contributed by atoms with Gasteiger partial charge in [-0.2, -0.15) is 5.10 Å². The number of fused-ring (bicyclic) bond motifs is 1. The van der Waals surface area contributed by atoms with Gasteiger partial charge < -0.3 is 5.73 Å². The average molecular weight is 224 g/mol. The molecule has 2 aromatic rings. The molecule has 0 amide bonds. The van der Waals surface area contributed by atoms with Crippen molar-refractivity contribution in [3.63, 3.8) is 0 Å². The smallest absolute Gasteiger partial charge is 0.0715 e. The Balaban J connectivity index is 2.77. The van der Waals surface area contributed by atoms with Gasteiger partial charge in [0.05, 0.1) is 11.2 Å². The lowest BCUT2D eigenvalue weighted by Crippen LogP contribution is -2.04. The van der Waals surface area contributed by atoms with Crippen LogP contribution in [0.25, 0.3) is 10.9 Å². The lowest BCUT2D eigenvalue weighted by atomic mass is 10.1. The maximum atomic E-state index is 6.06. The molecule has 0 saturated heterocycles. The number of hydrogen-bond acceptors (Lipinski definition) is 2. The summed E-state index contributed by atoms with van der Waals surface area (Å²) >= 11 is 6.06. The topological polar surface area (TPSA) is 43.8 Å². The highest BCUT2D eigenvalue weighted by Crippen LogP contribution is 2.26. The molecular formula is C11H14ClN3. The molecule has 0 atom stereocenters. The Morgan fingerprint density at radius 2 is 2.20 bits per heavy atom. The molecule has 2 rings (SSSR count). The minimum atomic E-state index is 0.625. The van der Waals surface area contributed by atoms with Crippen molar-refractivity contribution in [2.24, 2.45) is 12.8 Å². The second-order valence-electron chi connectivity index (χ2n) is 3.71. The monoisotopic (exact) mass is 223 g/mol. The molecule has 0 saturated carbocycles. The summed E-state index contributed by atoms with van der Waals surface area (Å²) in [4.78, 5) is 0. The van der Waals surface area contributed by atoms with Gasteiger partial charge in [-0.1, -0.05) is 11.6 Å². The fourth-order valence-corrected chi connectivity index (χ4v) is 2.23. The highest BCUT2D eigenvalue weighted by Gasteiger charge is 2.10. The lowest BCUT2D eigenvalue weighted by Gasteiger charge is -2.04. The van der Waals surface area contributed by atoms with Crippen molar-refractivity contribution >= 4 is 22.5 Å². The largest absolute Gasteiger partial charge is 0.330 e. The second-order valence-corrected chi connectivity index (χ2v) is 4.15. The van der Waals surface area contributed by atoms with Crippen molar-refractivity contribution in [3.05, 3.63) is 28.4 Å². The van der Waals surface area contributed by atoms with Crippen LogP contribution in [0.1, 0.15) is 11.3 Å². The molecule has 1 heterocycles. The van der Waals surface area contributed by atoms with Crippen molar-refractivity contribution < 1.29 is 0 Å². The first-order valence-corrected chi connectivity index (χ1v) is 5.33. The van der Waals surface area contributed by atoms with Gasteiger partial charge in [0.1, 0.15) is 0 Å². The first-order chi connectivity index (χ1) is 7.13. The molecule has 0 radical (unpaired) electrons. The zero-order valence-corrected chi connectivity index (χ0v) is 9.67. The van der Waals surface area contributed by atoms with E-state index in [-0.39, 0.29) is 0 Å². The molecule has 0 fully saturated rings. The first kappa shape index (κ1) is 10.5. The van der Waals surface area contributed by atoms with E-state index in [2.05, 4.69) is 5.10 Å². The van der Waals surface area contributed by atoms with Crippen molar-refractivity contribution in [1.29, 1.82) is 0 Å². The van der Waals surface area contributed by atoms with Crippen LogP contribution in [0.3, 0.4) is 0 Å². The number of hydrogen-bond donors (Lipinski definition) is 1. The summed E-state index contributed by atoms with van der Waals surface area (Å²) in [6.45, 7) is 2.62. The standard InChI is InChI=1S/C11H14ClN3/c1-7-10-6-9(12)5-8(3-4-13)11(10)15(2)14-7/h5-6H,3-4,13H2,1-2H3. The third kappa shape index (κ3) is 1.73. The number of nitrogens with two attached hydrogens (primary N) is 1. The molecule has 1 aromatic heterocycles. The van der Waals surface area contributed by atoms with E-state index >= 15 is 0 Å². The average Bonchev–Trinajstić information content (AvgIpc) is 2.42. The fraction of sp³-hybridized carbons (Fsp3) is 0.364.